The predicted octanol–water partition coefficient (Wildman–Crippen LogP) is 3.40. The number of nitrogens with zero attached hydrogens (tertiary/aromatic N) is 2. The van der Waals surface area contributed by atoms with Crippen LogP contribution in [0, 0.1) is 19.3 Å². The summed E-state index contributed by atoms with van der Waals surface area (Å²) in [6, 6.07) is 0. The fraction of sp³-hybridized carbons (Fsp3) is 0.750. The van der Waals surface area contributed by atoms with Crippen LogP contribution in [0.2, 0.25) is 0 Å². The predicted molar refractivity (Wildman–Crippen MR) is 91.0 cm³/mol. The zero-order chi connectivity index (χ0) is 15.3. The molecule has 1 aromatic heterocycles. The average Bonchev–Trinajstić information content (AvgIpc) is 3.06. The van der Waals surface area contributed by atoms with Crippen molar-refractivity contribution >= 4 is 17.3 Å². The van der Waals surface area contributed by atoms with Crippen molar-refractivity contribution in [2.24, 2.45) is 10.4 Å². The SMILES string of the molecule is CCC1(CNC(=NC)NCc2sc(C)nc2C)CCCC1. The third-order valence-corrected chi connectivity index (χ3v) is 5.76. The number of aromatic nitrogens is 1. The molecule has 0 saturated heterocycles. The maximum Gasteiger partial charge on any atom is 0.191 e. The molecule has 1 saturated carbocycles. The molecule has 1 aliphatic carbocycles. The van der Waals surface area contributed by atoms with Crippen LogP contribution in [0.5, 0.6) is 0 Å². The Bertz CT molecular complexity index is 486. The van der Waals surface area contributed by atoms with Crippen LogP contribution in [0.3, 0.4) is 0 Å². The lowest BCUT2D eigenvalue weighted by atomic mass is 9.83. The molecule has 0 amide bonds. The monoisotopic (exact) mass is 308 g/mol. The molecular weight excluding hydrogens is 280 g/mol. The van der Waals surface area contributed by atoms with Crippen molar-refractivity contribution in [3.63, 3.8) is 0 Å². The lowest BCUT2D eigenvalue weighted by Crippen LogP contribution is -2.42. The maximum absolute atomic E-state index is 4.47. The van der Waals surface area contributed by atoms with Gasteiger partial charge in [0.25, 0.3) is 0 Å². The third kappa shape index (κ3) is 4.19. The molecule has 1 aromatic rings. The Morgan fingerprint density at radius 1 is 1.29 bits per heavy atom. The zero-order valence-corrected chi connectivity index (χ0v) is 14.6. The Kier molecular flexibility index (Phi) is 5.62. The molecule has 2 rings (SSSR count). The van der Waals surface area contributed by atoms with Crippen molar-refractivity contribution in [2.45, 2.75) is 59.4 Å². The number of aryl methyl sites for hydroxylation is 2. The van der Waals surface area contributed by atoms with Crippen LogP contribution >= 0.6 is 11.3 Å². The van der Waals surface area contributed by atoms with E-state index in [2.05, 4.69) is 41.4 Å². The minimum absolute atomic E-state index is 0.481. The number of nitrogens with one attached hydrogen (secondary N) is 2. The van der Waals surface area contributed by atoms with E-state index >= 15 is 0 Å². The van der Waals surface area contributed by atoms with Gasteiger partial charge in [0.05, 0.1) is 17.2 Å². The van der Waals surface area contributed by atoms with Crippen molar-refractivity contribution in [2.75, 3.05) is 13.6 Å². The van der Waals surface area contributed by atoms with Crippen LogP contribution in [-0.4, -0.2) is 24.5 Å². The van der Waals surface area contributed by atoms with Gasteiger partial charge in [0.1, 0.15) is 0 Å². The van der Waals surface area contributed by atoms with Gasteiger partial charge in [0, 0.05) is 18.5 Å². The molecule has 1 aliphatic rings. The highest BCUT2D eigenvalue weighted by atomic mass is 32.1. The second-order valence-electron chi connectivity index (χ2n) is 6.08. The van der Waals surface area contributed by atoms with Gasteiger partial charge in [-0.15, -0.1) is 11.3 Å². The summed E-state index contributed by atoms with van der Waals surface area (Å²) in [5.74, 6) is 0.903. The molecule has 0 spiro atoms. The van der Waals surface area contributed by atoms with Gasteiger partial charge in [0.15, 0.2) is 5.96 Å². The van der Waals surface area contributed by atoms with Crippen LogP contribution in [0.1, 0.15) is 54.6 Å². The van der Waals surface area contributed by atoms with Crippen LogP contribution in [0.4, 0.5) is 0 Å². The van der Waals surface area contributed by atoms with Gasteiger partial charge in [-0.1, -0.05) is 19.8 Å². The van der Waals surface area contributed by atoms with Gasteiger partial charge in [-0.2, -0.15) is 0 Å². The van der Waals surface area contributed by atoms with E-state index in [0.29, 0.717) is 5.41 Å². The highest BCUT2D eigenvalue weighted by molar-refractivity contribution is 7.11. The maximum atomic E-state index is 4.47. The van der Waals surface area contributed by atoms with Crippen LogP contribution in [0.25, 0.3) is 0 Å². The van der Waals surface area contributed by atoms with Crippen molar-refractivity contribution in [1.82, 2.24) is 15.6 Å². The topological polar surface area (TPSA) is 49.3 Å². The van der Waals surface area contributed by atoms with Crippen molar-refractivity contribution in [3.8, 4) is 0 Å². The van der Waals surface area contributed by atoms with Crippen molar-refractivity contribution in [1.29, 1.82) is 0 Å². The van der Waals surface area contributed by atoms with E-state index in [9.17, 15) is 0 Å². The van der Waals surface area contributed by atoms with E-state index < -0.39 is 0 Å². The van der Waals surface area contributed by atoms with Gasteiger partial charge < -0.3 is 10.6 Å². The van der Waals surface area contributed by atoms with Gasteiger partial charge in [-0.05, 0) is 38.5 Å². The van der Waals surface area contributed by atoms with E-state index in [1.807, 2.05) is 7.05 Å². The fourth-order valence-electron chi connectivity index (χ4n) is 3.17. The molecule has 1 fully saturated rings. The normalized spacial score (nSPS) is 18.0. The molecule has 5 heteroatoms. The first-order valence-corrected chi connectivity index (χ1v) is 8.77. The summed E-state index contributed by atoms with van der Waals surface area (Å²) in [5, 5.41) is 8.07. The molecule has 1 heterocycles. The van der Waals surface area contributed by atoms with Gasteiger partial charge in [-0.25, -0.2) is 4.98 Å². The third-order valence-electron chi connectivity index (χ3n) is 4.68. The number of guanidine groups is 1. The molecule has 0 aliphatic heterocycles. The van der Waals surface area contributed by atoms with Crippen LogP contribution in [-0.2, 0) is 6.54 Å². The quantitative estimate of drug-likeness (QED) is 0.647. The Balaban J connectivity index is 1.85. The molecule has 0 radical (unpaired) electrons. The second kappa shape index (κ2) is 7.25. The summed E-state index contributed by atoms with van der Waals surface area (Å²) in [4.78, 5) is 10.1. The van der Waals surface area contributed by atoms with Crippen LogP contribution in [0.15, 0.2) is 4.99 Å². The second-order valence-corrected chi connectivity index (χ2v) is 7.37. The van der Waals surface area contributed by atoms with Gasteiger partial charge in [-0.3, -0.25) is 4.99 Å². The summed E-state index contributed by atoms with van der Waals surface area (Å²) in [6.07, 6.45) is 6.70. The van der Waals surface area contributed by atoms with E-state index in [0.717, 1.165) is 29.8 Å². The summed E-state index contributed by atoms with van der Waals surface area (Å²) >= 11 is 1.76. The molecule has 21 heavy (non-hydrogen) atoms. The summed E-state index contributed by atoms with van der Waals surface area (Å²) < 4.78 is 0. The Morgan fingerprint density at radius 2 is 2.00 bits per heavy atom. The van der Waals surface area contributed by atoms with Crippen molar-refractivity contribution in [3.05, 3.63) is 15.6 Å². The van der Waals surface area contributed by atoms with Crippen LogP contribution < -0.4 is 10.6 Å². The standard InChI is InChI=1S/C16H28N4S/c1-5-16(8-6-7-9-16)11-19-15(17-4)18-10-14-12(2)20-13(3)21-14/h5-11H2,1-4H3,(H2,17,18,19). The molecule has 0 unspecified atom stereocenters. The lowest BCUT2D eigenvalue weighted by Gasteiger charge is -2.28. The number of rotatable bonds is 5. The summed E-state index contributed by atoms with van der Waals surface area (Å²) in [6.45, 7) is 8.27. The van der Waals surface area contributed by atoms with Crippen molar-refractivity contribution < 1.29 is 0 Å². The number of hydrogen-bond acceptors (Lipinski definition) is 3. The van der Waals surface area contributed by atoms with E-state index in [1.54, 1.807) is 11.3 Å². The summed E-state index contributed by atoms with van der Waals surface area (Å²) in [5.41, 5.74) is 1.61. The molecule has 4 nitrogen and oxygen atoms in total. The molecule has 118 valence electrons. The number of hydrogen-bond donors (Lipinski definition) is 2. The molecule has 0 atom stereocenters. The Morgan fingerprint density at radius 3 is 2.52 bits per heavy atom. The average molecular weight is 308 g/mol. The molecule has 0 aromatic carbocycles. The largest absolute Gasteiger partial charge is 0.356 e. The lowest BCUT2D eigenvalue weighted by molar-refractivity contribution is 0.283. The van der Waals surface area contributed by atoms with E-state index in [1.165, 1.54) is 37.0 Å². The van der Waals surface area contributed by atoms with E-state index in [4.69, 9.17) is 0 Å². The van der Waals surface area contributed by atoms with Gasteiger partial charge in [0.2, 0.25) is 0 Å². The molecular formula is C16H28N4S. The molecule has 2 N–H and O–H groups in total. The minimum Gasteiger partial charge on any atom is -0.356 e. The Hall–Kier alpha value is -1.10. The fourth-order valence-corrected chi connectivity index (χ4v) is 4.05. The van der Waals surface area contributed by atoms with Gasteiger partial charge >= 0.3 is 0 Å². The zero-order valence-electron chi connectivity index (χ0n) is 13.8. The smallest absolute Gasteiger partial charge is 0.191 e. The first-order valence-electron chi connectivity index (χ1n) is 7.96. The number of thiazole rings is 1. The number of aliphatic imine (C=N–C) groups is 1. The highest BCUT2D eigenvalue weighted by Gasteiger charge is 2.31. The molecule has 0 bridgehead atoms. The summed E-state index contributed by atoms with van der Waals surface area (Å²) in [7, 11) is 1.84. The first-order chi connectivity index (χ1) is 10.1. The van der Waals surface area contributed by atoms with E-state index in [-0.39, 0.29) is 0 Å². The minimum atomic E-state index is 0.481. The Labute approximate surface area is 132 Å². The highest BCUT2D eigenvalue weighted by Crippen LogP contribution is 2.40. The first kappa shape index (κ1) is 16.3.